The molecule has 0 amide bonds. The predicted molar refractivity (Wildman–Crippen MR) is 116 cm³/mol. The first-order valence-corrected chi connectivity index (χ1v) is 11.8. The highest BCUT2D eigenvalue weighted by Gasteiger charge is 2.54. The van der Waals surface area contributed by atoms with Gasteiger partial charge in [0.2, 0.25) is 0 Å². The average molecular weight is 416 g/mol. The molecule has 0 saturated heterocycles. The summed E-state index contributed by atoms with van der Waals surface area (Å²) in [5.41, 5.74) is 3.59. The maximum Gasteiger partial charge on any atom is 0.323 e. The van der Waals surface area contributed by atoms with Crippen LogP contribution in [0.4, 0.5) is 0 Å². The van der Waals surface area contributed by atoms with Gasteiger partial charge in [0.25, 0.3) is 0 Å². The fourth-order valence-corrected chi connectivity index (χ4v) is 6.64. The predicted octanol–water partition coefficient (Wildman–Crippen LogP) is 4.04. The van der Waals surface area contributed by atoms with E-state index in [-0.39, 0.29) is 23.5 Å². The van der Waals surface area contributed by atoms with Crippen LogP contribution in [-0.4, -0.2) is 34.9 Å². The van der Waals surface area contributed by atoms with Crippen LogP contribution in [0.2, 0.25) is 0 Å². The fraction of sp³-hybridized carbons (Fsp3) is 0.720. The van der Waals surface area contributed by atoms with Crippen molar-refractivity contribution in [3.8, 4) is 5.75 Å². The van der Waals surface area contributed by atoms with E-state index in [1.807, 2.05) is 19.9 Å². The van der Waals surface area contributed by atoms with Gasteiger partial charge in [-0.05, 0) is 92.2 Å². The Hall–Kier alpha value is -1.59. The number of aliphatic hydroxyl groups excluding tert-OH is 1. The van der Waals surface area contributed by atoms with Crippen molar-refractivity contribution in [3.05, 3.63) is 28.8 Å². The minimum absolute atomic E-state index is 0.0773. The minimum atomic E-state index is -0.358. The molecule has 1 aromatic rings. The van der Waals surface area contributed by atoms with E-state index in [0.717, 1.165) is 44.1 Å². The number of hydrogen-bond donors (Lipinski definition) is 3. The maximum atomic E-state index is 12.1. The molecular formula is C25H37NO4. The molecule has 2 saturated carbocycles. The van der Waals surface area contributed by atoms with Gasteiger partial charge in [-0.1, -0.05) is 19.9 Å². The van der Waals surface area contributed by atoms with Gasteiger partial charge < -0.3 is 20.3 Å². The monoisotopic (exact) mass is 415 g/mol. The smallest absolute Gasteiger partial charge is 0.323 e. The van der Waals surface area contributed by atoms with Gasteiger partial charge in [-0.3, -0.25) is 4.79 Å². The van der Waals surface area contributed by atoms with Gasteiger partial charge in [-0.15, -0.1) is 0 Å². The molecule has 5 heteroatoms. The summed E-state index contributed by atoms with van der Waals surface area (Å²) >= 11 is 0. The summed E-state index contributed by atoms with van der Waals surface area (Å²) < 4.78 is 5.15. The van der Waals surface area contributed by atoms with Gasteiger partial charge >= 0.3 is 5.97 Å². The summed E-state index contributed by atoms with van der Waals surface area (Å²) in [6.45, 7) is 6.90. The number of carbonyl (C=O) groups excluding carboxylic acids is 1. The van der Waals surface area contributed by atoms with Crippen LogP contribution in [0.1, 0.15) is 81.9 Å². The molecule has 5 nitrogen and oxygen atoms in total. The molecule has 2 fully saturated rings. The van der Waals surface area contributed by atoms with Crippen molar-refractivity contribution in [1.29, 1.82) is 0 Å². The molecule has 3 aliphatic carbocycles. The normalized spacial score (nSPS) is 33.3. The first-order valence-electron chi connectivity index (χ1n) is 11.8. The van der Waals surface area contributed by atoms with Gasteiger partial charge in [-0.25, -0.2) is 0 Å². The Labute approximate surface area is 180 Å². The minimum Gasteiger partial charge on any atom is -0.508 e. The molecule has 30 heavy (non-hydrogen) atoms. The number of hydrogen-bond acceptors (Lipinski definition) is 5. The first-order chi connectivity index (χ1) is 14.4. The molecule has 3 N–H and O–H groups in total. The number of phenols is 1. The SMILES string of the molecule is CCOC(=O)C(CC)NCc1cc2c(cc1O)CC[C@@H]1[C@@H]2CC[C@]2(C)[C@@H](O)CC[C@@H]12. The van der Waals surface area contributed by atoms with Crippen LogP contribution in [0.25, 0.3) is 0 Å². The van der Waals surface area contributed by atoms with Crippen LogP contribution in [0.5, 0.6) is 5.75 Å². The number of nitrogens with one attached hydrogen (secondary N) is 1. The third kappa shape index (κ3) is 3.64. The van der Waals surface area contributed by atoms with E-state index in [1.54, 1.807) is 0 Å². The highest BCUT2D eigenvalue weighted by atomic mass is 16.5. The second-order valence-electron chi connectivity index (χ2n) is 9.83. The molecule has 0 aromatic heterocycles. The van der Waals surface area contributed by atoms with Crippen molar-refractivity contribution < 1.29 is 19.7 Å². The summed E-state index contributed by atoms with van der Waals surface area (Å²) in [6, 6.07) is 3.77. The quantitative estimate of drug-likeness (QED) is 0.611. The van der Waals surface area contributed by atoms with Crippen LogP contribution in [0.3, 0.4) is 0 Å². The van der Waals surface area contributed by atoms with E-state index in [9.17, 15) is 15.0 Å². The van der Waals surface area contributed by atoms with E-state index in [4.69, 9.17) is 4.74 Å². The third-order valence-corrected chi connectivity index (χ3v) is 8.39. The van der Waals surface area contributed by atoms with E-state index < -0.39 is 0 Å². The standard InChI is InChI=1S/C25H37NO4/c1-4-21(24(29)30-5-2)26-14-16-12-19-15(13-22(16)27)6-7-18-17(19)10-11-25(3)20(18)8-9-23(25)28/h12-13,17-18,20-21,23,26-28H,4-11,14H2,1-3H3/t17-,18+,20-,21?,23-,25-/m0/s1. The fourth-order valence-electron chi connectivity index (χ4n) is 6.64. The van der Waals surface area contributed by atoms with Crippen LogP contribution < -0.4 is 5.32 Å². The summed E-state index contributed by atoms with van der Waals surface area (Å²) in [6.07, 6.45) is 6.92. The number of aliphatic hydroxyl groups is 1. The largest absolute Gasteiger partial charge is 0.508 e. The van der Waals surface area contributed by atoms with E-state index >= 15 is 0 Å². The lowest BCUT2D eigenvalue weighted by atomic mass is 9.55. The zero-order valence-corrected chi connectivity index (χ0v) is 18.6. The van der Waals surface area contributed by atoms with Crippen LogP contribution in [-0.2, 0) is 22.5 Å². The third-order valence-electron chi connectivity index (χ3n) is 8.39. The van der Waals surface area contributed by atoms with E-state index in [0.29, 0.717) is 43.1 Å². The van der Waals surface area contributed by atoms with E-state index in [2.05, 4.69) is 18.3 Å². The van der Waals surface area contributed by atoms with Gasteiger partial charge in [0.1, 0.15) is 11.8 Å². The number of esters is 1. The zero-order chi connectivity index (χ0) is 21.5. The molecule has 1 unspecified atom stereocenters. The lowest BCUT2D eigenvalue weighted by Gasteiger charge is -2.50. The molecule has 0 spiro atoms. The number of phenolic OH excluding ortho intramolecular Hbond substituents is 1. The first kappa shape index (κ1) is 21.6. The van der Waals surface area contributed by atoms with Crippen LogP contribution in [0.15, 0.2) is 12.1 Å². The summed E-state index contributed by atoms with van der Waals surface area (Å²) in [5.74, 6) is 1.83. The number of benzene rings is 1. The van der Waals surface area contributed by atoms with E-state index in [1.165, 1.54) is 11.1 Å². The molecule has 4 rings (SSSR count). The highest BCUT2D eigenvalue weighted by Crippen LogP contribution is 2.61. The zero-order valence-electron chi connectivity index (χ0n) is 18.6. The molecule has 1 aromatic carbocycles. The van der Waals surface area contributed by atoms with Crippen molar-refractivity contribution >= 4 is 5.97 Å². The van der Waals surface area contributed by atoms with Crippen molar-refractivity contribution in [2.45, 2.75) is 90.3 Å². The summed E-state index contributed by atoms with van der Waals surface area (Å²) in [5, 5.41) is 24.5. The van der Waals surface area contributed by atoms with Gasteiger partial charge in [0.15, 0.2) is 0 Å². The molecule has 6 atom stereocenters. The van der Waals surface area contributed by atoms with Crippen LogP contribution >= 0.6 is 0 Å². The lowest BCUT2D eigenvalue weighted by molar-refractivity contribution is -0.145. The molecule has 0 radical (unpaired) electrons. The second kappa shape index (κ2) is 8.51. The average Bonchev–Trinajstić information content (AvgIpc) is 3.03. The topological polar surface area (TPSA) is 78.8 Å². The summed E-state index contributed by atoms with van der Waals surface area (Å²) in [4.78, 5) is 12.1. The van der Waals surface area contributed by atoms with Gasteiger partial charge in [0, 0.05) is 12.1 Å². The molecule has 166 valence electrons. The van der Waals surface area contributed by atoms with Gasteiger partial charge in [0.05, 0.1) is 12.7 Å². The number of fused-ring (bicyclic) bond motifs is 5. The maximum absolute atomic E-state index is 12.1. The van der Waals surface area contributed by atoms with Crippen molar-refractivity contribution in [2.75, 3.05) is 6.61 Å². The lowest BCUT2D eigenvalue weighted by Crippen LogP contribution is -2.44. The number of aryl methyl sites for hydroxylation is 1. The molecule has 0 aliphatic heterocycles. The Morgan fingerprint density at radius 3 is 2.80 bits per heavy atom. The Bertz CT molecular complexity index is 794. The summed E-state index contributed by atoms with van der Waals surface area (Å²) in [7, 11) is 0. The Balaban J connectivity index is 1.54. The number of carbonyl (C=O) groups is 1. The number of ether oxygens (including phenoxy) is 1. The molecule has 0 heterocycles. The molecule has 0 bridgehead atoms. The molecular weight excluding hydrogens is 378 g/mol. The number of aromatic hydroxyl groups is 1. The second-order valence-corrected chi connectivity index (χ2v) is 9.83. The Kier molecular flexibility index (Phi) is 6.13. The Morgan fingerprint density at radius 2 is 2.07 bits per heavy atom. The van der Waals surface area contributed by atoms with Crippen molar-refractivity contribution in [2.24, 2.45) is 17.3 Å². The van der Waals surface area contributed by atoms with Crippen LogP contribution in [0, 0.1) is 17.3 Å². The number of rotatable bonds is 6. The Morgan fingerprint density at radius 1 is 1.27 bits per heavy atom. The molecule has 3 aliphatic rings. The highest BCUT2D eigenvalue weighted by molar-refractivity contribution is 5.75. The van der Waals surface area contributed by atoms with Gasteiger partial charge in [-0.2, -0.15) is 0 Å². The van der Waals surface area contributed by atoms with Crippen molar-refractivity contribution in [1.82, 2.24) is 5.32 Å². The van der Waals surface area contributed by atoms with Crippen molar-refractivity contribution in [3.63, 3.8) is 0 Å².